The molecule has 0 saturated carbocycles. The summed E-state index contributed by atoms with van der Waals surface area (Å²) in [6.07, 6.45) is 0.0549. The van der Waals surface area contributed by atoms with Crippen LogP contribution in [0.3, 0.4) is 0 Å². The second-order valence-electron chi connectivity index (χ2n) is 5.11. The van der Waals surface area contributed by atoms with Crippen molar-refractivity contribution in [1.29, 1.82) is 0 Å². The van der Waals surface area contributed by atoms with Crippen molar-refractivity contribution in [2.75, 3.05) is 11.9 Å². The number of nitrogens with zero attached hydrogens (tertiary/aromatic N) is 1. The van der Waals surface area contributed by atoms with Gasteiger partial charge in [-0.3, -0.25) is 9.59 Å². The summed E-state index contributed by atoms with van der Waals surface area (Å²) in [6, 6.07) is 14.6. The fourth-order valence-corrected chi connectivity index (χ4v) is 2.60. The van der Waals surface area contributed by atoms with Crippen molar-refractivity contribution in [3.8, 4) is 0 Å². The van der Waals surface area contributed by atoms with Gasteiger partial charge in [0.25, 0.3) is 0 Å². The van der Waals surface area contributed by atoms with Crippen LogP contribution < -0.4 is 10.6 Å². The lowest BCUT2D eigenvalue weighted by molar-refractivity contribution is -0.123. The molecule has 2 aromatic carbocycles. The van der Waals surface area contributed by atoms with Crippen LogP contribution in [-0.2, 0) is 16.0 Å². The predicted octanol–water partition coefficient (Wildman–Crippen LogP) is 2.89. The van der Waals surface area contributed by atoms with Gasteiger partial charge >= 0.3 is 0 Å². The Morgan fingerprint density at radius 1 is 1.04 bits per heavy atom. The lowest BCUT2D eigenvalue weighted by Gasteiger charge is -2.08. The van der Waals surface area contributed by atoms with E-state index >= 15 is 0 Å². The van der Waals surface area contributed by atoms with Crippen molar-refractivity contribution in [2.45, 2.75) is 6.42 Å². The molecule has 24 heavy (non-hydrogen) atoms. The molecule has 3 aromatic rings. The fourth-order valence-electron chi connectivity index (χ4n) is 2.22. The van der Waals surface area contributed by atoms with Gasteiger partial charge in [0.15, 0.2) is 5.58 Å². The molecule has 7 heteroatoms. The van der Waals surface area contributed by atoms with E-state index in [0.29, 0.717) is 17.0 Å². The molecule has 1 aromatic heterocycles. The van der Waals surface area contributed by atoms with Crippen LogP contribution >= 0.6 is 15.9 Å². The van der Waals surface area contributed by atoms with Crippen molar-refractivity contribution in [2.24, 2.45) is 0 Å². The molecule has 0 radical (unpaired) electrons. The summed E-state index contributed by atoms with van der Waals surface area (Å²) in [7, 11) is 0. The molecule has 0 aliphatic rings. The van der Waals surface area contributed by atoms with E-state index in [1.165, 1.54) is 0 Å². The van der Waals surface area contributed by atoms with Crippen molar-refractivity contribution < 1.29 is 14.1 Å². The Morgan fingerprint density at radius 3 is 2.62 bits per heavy atom. The summed E-state index contributed by atoms with van der Waals surface area (Å²) in [5.41, 5.74) is 1.83. The normalized spacial score (nSPS) is 10.5. The van der Waals surface area contributed by atoms with Gasteiger partial charge in [0.2, 0.25) is 11.8 Å². The molecule has 2 N–H and O–H groups in total. The average molecular weight is 388 g/mol. The summed E-state index contributed by atoms with van der Waals surface area (Å²) in [6.45, 7) is -0.115. The third kappa shape index (κ3) is 3.80. The minimum Gasteiger partial charge on any atom is -0.356 e. The Labute approximate surface area is 146 Å². The molecule has 0 bridgehead atoms. The number of anilines is 1. The number of amides is 2. The quantitative estimate of drug-likeness (QED) is 0.704. The number of nitrogens with one attached hydrogen (secondary N) is 2. The number of carbonyl (C=O) groups excluding carboxylic acids is 2. The van der Waals surface area contributed by atoms with E-state index in [1.807, 2.05) is 36.4 Å². The van der Waals surface area contributed by atoms with Gasteiger partial charge in [0, 0.05) is 9.86 Å². The maximum absolute atomic E-state index is 12.0. The van der Waals surface area contributed by atoms with Crippen LogP contribution in [0.15, 0.2) is 57.5 Å². The van der Waals surface area contributed by atoms with Crippen LogP contribution in [0.4, 0.5) is 5.69 Å². The standard InChI is InChI=1S/C17H14BrN3O3/c18-12-6-2-3-7-13(12)20-17(23)10-19-16(22)9-14-11-5-1-4-8-15(11)24-21-14/h1-8H,9-10H2,(H,19,22)(H,20,23). The third-order valence-electron chi connectivity index (χ3n) is 3.37. The first-order valence-corrected chi connectivity index (χ1v) is 8.07. The molecule has 0 aliphatic heterocycles. The highest BCUT2D eigenvalue weighted by Gasteiger charge is 2.13. The smallest absolute Gasteiger partial charge is 0.243 e. The molecular formula is C17H14BrN3O3. The number of fused-ring (bicyclic) bond motifs is 1. The van der Waals surface area contributed by atoms with Gasteiger partial charge in [-0.1, -0.05) is 29.4 Å². The molecule has 0 saturated heterocycles. The van der Waals surface area contributed by atoms with E-state index in [1.54, 1.807) is 12.1 Å². The third-order valence-corrected chi connectivity index (χ3v) is 4.07. The number of hydrogen-bond donors (Lipinski definition) is 2. The van der Waals surface area contributed by atoms with Crippen LogP contribution in [-0.4, -0.2) is 23.5 Å². The molecular weight excluding hydrogens is 374 g/mol. The number of halogens is 1. The topological polar surface area (TPSA) is 84.2 Å². The van der Waals surface area contributed by atoms with Gasteiger partial charge in [0.1, 0.15) is 5.69 Å². The monoisotopic (exact) mass is 387 g/mol. The zero-order valence-corrected chi connectivity index (χ0v) is 14.2. The highest BCUT2D eigenvalue weighted by atomic mass is 79.9. The fraction of sp³-hybridized carbons (Fsp3) is 0.118. The molecule has 1 heterocycles. The maximum Gasteiger partial charge on any atom is 0.243 e. The molecule has 2 amide bonds. The van der Waals surface area contributed by atoms with Crippen molar-refractivity contribution in [1.82, 2.24) is 10.5 Å². The lowest BCUT2D eigenvalue weighted by Crippen LogP contribution is -2.33. The van der Waals surface area contributed by atoms with Gasteiger partial charge in [-0.05, 0) is 40.2 Å². The SMILES string of the molecule is O=C(Cc1noc2ccccc12)NCC(=O)Nc1ccccc1Br. The van der Waals surface area contributed by atoms with Gasteiger partial charge in [-0.25, -0.2) is 0 Å². The van der Waals surface area contributed by atoms with Crippen molar-refractivity contribution in [3.05, 3.63) is 58.7 Å². The predicted molar refractivity (Wildman–Crippen MR) is 93.5 cm³/mol. The Balaban J connectivity index is 1.54. The number of carbonyl (C=O) groups is 2. The Kier molecular flexibility index (Phi) is 4.90. The highest BCUT2D eigenvalue weighted by Crippen LogP contribution is 2.21. The largest absolute Gasteiger partial charge is 0.356 e. The summed E-state index contributed by atoms with van der Waals surface area (Å²) in [4.78, 5) is 23.9. The molecule has 3 rings (SSSR count). The van der Waals surface area contributed by atoms with E-state index in [4.69, 9.17) is 4.52 Å². The van der Waals surface area contributed by atoms with E-state index in [0.717, 1.165) is 9.86 Å². The summed E-state index contributed by atoms with van der Waals surface area (Å²) < 4.78 is 5.93. The van der Waals surface area contributed by atoms with E-state index in [-0.39, 0.29) is 24.8 Å². The minimum atomic E-state index is -0.305. The molecule has 0 unspecified atom stereocenters. The second-order valence-corrected chi connectivity index (χ2v) is 5.96. The zero-order valence-electron chi connectivity index (χ0n) is 12.6. The summed E-state index contributed by atoms with van der Waals surface area (Å²) >= 11 is 3.35. The van der Waals surface area contributed by atoms with Crippen LogP contribution in [0, 0.1) is 0 Å². The van der Waals surface area contributed by atoms with Crippen molar-refractivity contribution >= 4 is 44.4 Å². The zero-order chi connectivity index (χ0) is 16.9. The molecule has 0 atom stereocenters. The van der Waals surface area contributed by atoms with Crippen LogP contribution in [0.25, 0.3) is 11.0 Å². The molecule has 0 fully saturated rings. The average Bonchev–Trinajstić information content (AvgIpc) is 2.98. The summed E-state index contributed by atoms with van der Waals surface area (Å²) in [5.74, 6) is -0.600. The van der Waals surface area contributed by atoms with Crippen LogP contribution in [0.2, 0.25) is 0 Å². The van der Waals surface area contributed by atoms with Gasteiger partial charge < -0.3 is 15.2 Å². The molecule has 122 valence electrons. The second kappa shape index (κ2) is 7.27. The van der Waals surface area contributed by atoms with Gasteiger partial charge in [0.05, 0.1) is 18.7 Å². The first kappa shape index (κ1) is 16.2. The Morgan fingerprint density at radius 2 is 1.79 bits per heavy atom. The molecule has 0 spiro atoms. The van der Waals surface area contributed by atoms with Gasteiger partial charge in [-0.2, -0.15) is 0 Å². The number of hydrogen-bond acceptors (Lipinski definition) is 4. The van der Waals surface area contributed by atoms with Gasteiger partial charge in [-0.15, -0.1) is 0 Å². The van der Waals surface area contributed by atoms with E-state index in [9.17, 15) is 9.59 Å². The molecule has 0 aliphatic carbocycles. The lowest BCUT2D eigenvalue weighted by atomic mass is 10.1. The Bertz CT molecular complexity index is 891. The molecule has 6 nitrogen and oxygen atoms in total. The number of para-hydroxylation sites is 2. The Hall–Kier alpha value is -2.67. The first-order chi connectivity index (χ1) is 11.6. The van der Waals surface area contributed by atoms with Crippen molar-refractivity contribution in [3.63, 3.8) is 0 Å². The van der Waals surface area contributed by atoms with Crippen LogP contribution in [0.1, 0.15) is 5.69 Å². The van der Waals surface area contributed by atoms with Crippen LogP contribution in [0.5, 0.6) is 0 Å². The highest BCUT2D eigenvalue weighted by molar-refractivity contribution is 9.10. The summed E-state index contributed by atoms with van der Waals surface area (Å²) in [5, 5.41) is 9.99. The van der Waals surface area contributed by atoms with E-state index < -0.39 is 0 Å². The maximum atomic E-state index is 12.0. The number of benzene rings is 2. The number of aromatic nitrogens is 1. The first-order valence-electron chi connectivity index (χ1n) is 7.28. The minimum absolute atomic E-state index is 0.0549. The number of rotatable bonds is 5. The van der Waals surface area contributed by atoms with E-state index in [2.05, 4.69) is 31.7 Å².